The predicted octanol–water partition coefficient (Wildman–Crippen LogP) is 4.02. The van der Waals surface area contributed by atoms with Crippen molar-refractivity contribution in [3.8, 4) is 5.75 Å². The van der Waals surface area contributed by atoms with Gasteiger partial charge in [-0.15, -0.1) is 0 Å². The quantitative estimate of drug-likeness (QED) is 0.928. The fraction of sp³-hybridized carbons (Fsp3) is 0.133. The lowest BCUT2D eigenvalue weighted by Gasteiger charge is -2.08. The summed E-state index contributed by atoms with van der Waals surface area (Å²) in [5.74, 6) is 0.507. The molecule has 19 heavy (non-hydrogen) atoms. The van der Waals surface area contributed by atoms with Gasteiger partial charge in [0.1, 0.15) is 5.75 Å². The number of nitrogens with one attached hydrogen (secondary N) is 1. The average Bonchev–Trinajstić information content (AvgIpc) is 2.43. The molecule has 0 heterocycles. The number of ether oxygens (including phenoxy) is 1. The highest BCUT2D eigenvalue weighted by Crippen LogP contribution is 2.21. The summed E-state index contributed by atoms with van der Waals surface area (Å²) < 4.78 is 6.07. The highest BCUT2D eigenvalue weighted by atomic mass is 79.9. The lowest BCUT2D eigenvalue weighted by atomic mass is 10.2. The first kappa shape index (κ1) is 13.6. The van der Waals surface area contributed by atoms with Gasteiger partial charge in [0, 0.05) is 15.7 Å². The zero-order valence-corrected chi connectivity index (χ0v) is 12.3. The summed E-state index contributed by atoms with van der Waals surface area (Å²) in [5.41, 5.74) is 2.45. The van der Waals surface area contributed by atoms with Gasteiger partial charge in [0.15, 0.2) is 0 Å². The molecule has 0 aliphatic carbocycles. The summed E-state index contributed by atoms with van der Waals surface area (Å²) in [6, 6.07) is 12.8. The zero-order valence-electron chi connectivity index (χ0n) is 10.7. The van der Waals surface area contributed by atoms with Crippen LogP contribution in [0.2, 0.25) is 0 Å². The first-order valence-electron chi connectivity index (χ1n) is 5.81. The van der Waals surface area contributed by atoms with E-state index in [-0.39, 0.29) is 5.91 Å². The number of rotatable bonds is 3. The highest BCUT2D eigenvalue weighted by Gasteiger charge is 2.07. The number of aryl methyl sites for hydroxylation is 1. The van der Waals surface area contributed by atoms with Crippen LogP contribution in [0, 0.1) is 6.92 Å². The Hall–Kier alpha value is -1.81. The SMILES string of the molecule is COc1cccc(C(=O)Nc2ccc(C)c(Br)c2)c1. The second kappa shape index (κ2) is 5.89. The van der Waals surface area contributed by atoms with Crippen LogP contribution < -0.4 is 10.1 Å². The number of hydrogen-bond acceptors (Lipinski definition) is 2. The topological polar surface area (TPSA) is 38.3 Å². The average molecular weight is 320 g/mol. The number of benzene rings is 2. The molecule has 0 atom stereocenters. The molecule has 0 unspecified atom stereocenters. The standard InChI is InChI=1S/C15H14BrNO2/c1-10-6-7-12(9-14(10)16)17-15(18)11-4-3-5-13(8-11)19-2/h3-9H,1-2H3,(H,17,18). The summed E-state index contributed by atoms with van der Waals surface area (Å²) in [6.07, 6.45) is 0. The molecule has 1 N–H and O–H groups in total. The van der Waals surface area contributed by atoms with Crippen molar-refractivity contribution < 1.29 is 9.53 Å². The van der Waals surface area contributed by atoms with Gasteiger partial charge in [-0.1, -0.05) is 28.1 Å². The lowest BCUT2D eigenvalue weighted by molar-refractivity contribution is 0.102. The van der Waals surface area contributed by atoms with Gasteiger partial charge in [0.05, 0.1) is 7.11 Å². The molecule has 98 valence electrons. The Morgan fingerprint density at radius 2 is 2.00 bits per heavy atom. The third-order valence-electron chi connectivity index (χ3n) is 2.76. The maximum Gasteiger partial charge on any atom is 0.255 e. The van der Waals surface area contributed by atoms with Crippen molar-refractivity contribution in [3.63, 3.8) is 0 Å². The first-order valence-corrected chi connectivity index (χ1v) is 6.61. The van der Waals surface area contributed by atoms with Crippen molar-refractivity contribution in [2.75, 3.05) is 12.4 Å². The Balaban J connectivity index is 2.18. The molecule has 0 aliphatic heterocycles. The minimum absolute atomic E-state index is 0.158. The summed E-state index contributed by atoms with van der Waals surface area (Å²) >= 11 is 3.44. The van der Waals surface area contributed by atoms with Crippen LogP contribution in [0.3, 0.4) is 0 Å². The predicted molar refractivity (Wildman–Crippen MR) is 79.8 cm³/mol. The number of anilines is 1. The number of methoxy groups -OCH3 is 1. The summed E-state index contributed by atoms with van der Waals surface area (Å²) in [7, 11) is 1.58. The third kappa shape index (κ3) is 3.35. The van der Waals surface area contributed by atoms with E-state index in [0.717, 1.165) is 15.7 Å². The van der Waals surface area contributed by atoms with Gasteiger partial charge in [-0.2, -0.15) is 0 Å². The number of amides is 1. The van der Waals surface area contributed by atoms with Gasteiger partial charge < -0.3 is 10.1 Å². The van der Waals surface area contributed by atoms with E-state index in [1.807, 2.05) is 25.1 Å². The van der Waals surface area contributed by atoms with Gasteiger partial charge >= 0.3 is 0 Å². The Kier molecular flexibility index (Phi) is 4.22. The Labute approximate surface area is 120 Å². The summed E-state index contributed by atoms with van der Waals surface area (Å²) in [4.78, 5) is 12.1. The van der Waals surface area contributed by atoms with E-state index in [4.69, 9.17) is 4.74 Å². The molecule has 0 aliphatic rings. The fourth-order valence-corrected chi connectivity index (χ4v) is 2.02. The summed E-state index contributed by atoms with van der Waals surface area (Å²) in [6.45, 7) is 2.00. The van der Waals surface area contributed by atoms with E-state index in [1.54, 1.807) is 31.4 Å². The Morgan fingerprint density at radius 1 is 1.21 bits per heavy atom. The molecule has 1 amide bonds. The van der Waals surface area contributed by atoms with Crippen molar-refractivity contribution in [1.29, 1.82) is 0 Å². The van der Waals surface area contributed by atoms with Crippen molar-refractivity contribution in [3.05, 3.63) is 58.1 Å². The smallest absolute Gasteiger partial charge is 0.255 e. The van der Waals surface area contributed by atoms with Gasteiger partial charge in [-0.3, -0.25) is 4.79 Å². The van der Waals surface area contributed by atoms with E-state index < -0.39 is 0 Å². The Bertz CT molecular complexity index is 611. The molecule has 0 bridgehead atoms. The normalized spacial score (nSPS) is 10.1. The lowest BCUT2D eigenvalue weighted by Crippen LogP contribution is -2.11. The molecule has 3 nitrogen and oxygen atoms in total. The maximum absolute atomic E-state index is 12.1. The Morgan fingerprint density at radius 3 is 2.68 bits per heavy atom. The van der Waals surface area contributed by atoms with E-state index in [0.29, 0.717) is 11.3 Å². The van der Waals surface area contributed by atoms with Crippen molar-refractivity contribution in [1.82, 2.24) is 0 Å². The molecule has 0 saturated heterocycles. The molecule has 2 aromatic carbocycles. The van der Waals surface area contributed by atoms with E-state index in [2.05, 4.69) is 21.2 Å². The van der Waals surface area contributed by atoms with Crippen LogP contribution in [-0.4, -0.2) is 13.0 Å². The molecule has 0 saturated carbocycles. The number of hydrogen-bond donors (Lipinski definition) is 1. The van der Waals surface area contributed by atoms with Crippen molar-refractivity contribution >= 4 is 27.5 Å². The van der Waals surface area contributed by atoms with Gasteiger partial charge in [0.2, 0.25) is 0 Å². The van der Waals surface area contributed by atoms with Crippen molar-refractivity contribution in [2.24, 2.45) is 0 Å². The van der Waals surface area contributed by atoms with E-state index in [9.17, 15) is 4.79 Å². The maximum atomic E-state index is 12.1. The molecule has 0 fully saturated rings. The van der Waals surface area contributed by atoms with Crippen LogP contribution in [0.1, 0.15) is 15.9 Å². The second-order valence-corrected chi connectivity index (χ2v) is 5.00. The van der Waals surface area contributed by atoms with E-state index in [1.165, 1.54) is 0 Å². The minimum atomic E-state index is -0.158. The van der Waals surface area contributed by atoms with Crippen LogP contribution in [0.15, 0.2) is 46.9 Å². The van der Waals surface area contributed by atoms with Crippen LogP contribution in [0.4, 0.5) is 5.69 Å². The molecule has 4 heteroatoms. The molecule has 2 aromatic rings. The highest BCUT2D eigenvalue weighted by molar-refractivity contribution is 9.10. The number of carbonyl (C=O) groups is 1. The molecule has 2 rings (SSSR count). The molecular weight excluding hydrogens is 306 g/mol. The summed E-state index contributed by atoms with van der Waals surface area (Å²) in [5, 5.41) is 2.85. The fourth-order valence-electron chi connectivity index (χ4n) is 1.64. The van der Waals surface area contributed by atoms with Gasteiger partial charge in [-0.05, 0) is 42.8 Å². The second-order valence-electron chi connectivity index (χ2n) is 4.15. The largest absolute Gasteiger partial charge is 0.497 e. The van der Waals surface area contributed by atoms with Gasteiger partial charge in [0.25, 0.3) is 5.91 Å². The van der Waals surface area contributed by atoms with Crippen LogP contribution in [-0.2, 0) is 0 Å². The van der Waals surface area contributed by atoms with Crippen LogP contribution >= 0.6 is 15.9 Å². The minimum Gasteiger partial charge on any atom is -0.497 e. The van der Waals surface area contributed by atoms with Crippen LogP contribution in [0.5, 0.6) is 5.75 Å². The molecule has 0 aromatic heterocycles. The zero-order chi connectivity index (χ0) is 13.8. The monoisotopic (exact) mass is 319 g/mol. The first-order chi connectivity index (χ1) is 9.10. The van der Waals surface area contributed by atoms with E-state index >= 15 is 0 Å². The molecule has 0 spiro atoms. The number of halogens is 1. The molecule has 0 radical (unpaired) electrons. The third-order valence-corrected chi connectivity index (χ3v) is 3.62. The number of carbonyl (C=O) groups excluding carboxylic acids is 1. The molecular formula is C15H14BrNO2. The van der Waals surface area contributed by atoms with Crippen LogP contribution in [0.25, 0.3) is 0 Å². The van der Waals surface area contributed by atoms with Crippen molar-refractivity contribution in [2.45, 2.75) is 6.92 Å². The van der Waals surface area contributed by atoms with Gasteiger partial charge in [-0.25, -0.2) is 0 Å².